The number of primary amides is 1. The van der Waals surface area contributed by atoms with E-state index < -0.39 is 18.3 Å². The number of carbonyl (C=O) groups excluding carboxylic acids is 1. The summed E-state index contributed by atoms with van der Waals surface area (Å²) >= 11 is 3.18. The third kappa shape index (κ3) is 3.52. The van der Waals surface area contributed by atoms with Gasteiger partial charge >= 0.3 is 6.61 Å². The van der Waals surface area contributed by atoms with Crippen molar-refractivity contribution in [2.24, 2.45) is 12.8 Å². The molecule has 2 aromatic heterocycles. The highest BCUT2D eigenvalue weighted by Gasteiger charge is 2.30. The van der Waals surface area contributed by atoms with Gasteiger partial charge in [-0.15, -0.1) is 0 Å². The average molecular weight is 483 g/mol. The van der Waals surface area contributed by atoms with Crippen LogP contribution in [0, 0.1) is 5.82 Å². The summed E-state index contributed by atoms with van der Waals surface area (Å²) in [6.45, 7) is -3.25. The van der Waals surface area contributed by atoms with Crippen molar-refractivity contribution in [1.82, 2.24) is 19.7 Å². The lowest BCUT2D eigenvalue weighted by Crippen LogP contribution is -2.25. The van der Waals surface area contributed by atoms with E-state index in [1.165, 1.54) is 23.0 Å². The smallest absolute Gasteiger partial charge is 0.364 e. The normalized spacial score (nSPS) is 12.6. The van der Waals surface area contributed by atoms with Crippen LogP contribution in [0.3, 0.4) is 0 Å². The molecule has 8 nitrogen and oxygen atoms in total. The van der Waals surface area contributed by atoms with E-state index in [9.17, 15) is 18.0 Å². The number of rotatable bonds is 5. The third-order valence-corrected chi connectivity index (χ3v) is 5.09. The molecule has 2 N–H and O–H groups in total. The average Bonchev–Trinajstić information content (AvgIpc) is 3.05. The van der Waals surface area contributed by atoms with Gasteiger partial charge in [0.25, 0.3) is 11.9 Å². The minimum atomic E-state index is -3.25. The molecule has 0 radical (unpaired) electrons. The van der Waals surface area contributed by atoms with Crippen LogP contribution in [0.1, 0.15) is 21.6 Å². The number of alkyl halides is 2. The minimum absolute atomic E-state index is 0.122. The molecule has 0 fully saturated rings. The third-order valence-electron chi connectivity index (χ3n) is 4.59. The first-order valence-electron chi connectivity index (χ1n) is 8.68. The number of aryl methyl sites for hydroxylation is 2. The molecule has 1 amide bonds. The van der Waals surface area contributed by atoms with Crippen LogP contribution in [0.15, 0.2) is 28.9 Å². The van der Waals surface area contributed by atoms with Crippen LogP contribution in [0.2, 0.25) is 0 Å². The number of nitrogens with zero attached hydrogens (tertiary/aromatic N) is 5. The predicted octanol–water partition coefficient (Wildman–Crippen LogP) is 3.27. The summed E-state index contributed by atoms with van der Waals surface area (Å²) in [7, 11) is 1.61. The molecule has 30 heavy (non-hydrogen) atoms. The predicted molar refractivity (Wildman–Crippen MR) is 103 cm³/mol. The van der Waals surface area contributed by atoms with Gasteiger partial charge in [-0.1, -0.05) is 15.9 Å². The molecule has 1 aromatic carbocycles. The Bertz CT molecular complexity index is 1150. The molecule has 1 aliphatic rings. The van der Waals surface area contributed by atoms with Crippen molar-refractivity contribution >= 4 is 33.5 Å². The highest BCUT2D eigenvalue weighted by molar-refractivity contribution is 9.10. The zero-order chi connectivity index (χ0) is 21.6. The highest BCUT2D eigenvalue weighted by Crippen LogP contribution is 2.36. The number of aromatic nitrogens is 4. The molecule has 0 bridgehead atoms. The fraction of sp³-hybridized carbons (Fsp3) is 0.222. The molecule has 3 aromatic rings. The van der Waals surface area contributed by atoms with Gasteiger partial charge in [0.15, 0.2) is 5.69 Å². The van der Waals surface area contributed by atoms with Crippen molar-refractivity contribution < 1.29 is 22.8 Å². The highest BCUT2D eigenvalue weighted by atomic mass is 79.9. The Hall–Kier alpha value is -2.99. The van der Waals surface area contributed by atoms with E-state index in [4.69, 9.17) is 5.73 Å². The Balaban J connectivity index is 1.87. The zero-order valence-electron chi connectivity index (χ0n) is 15.4. The maximum absolute atomic E-state index is 14.4. The number of hydrogen-bond acceptors (Lipinski definition) is 6. The van der Waals surface area contributed by atoms with E-state index >= 15 is 0 Å². The summed E-state index contributed by atoms with van der Waals surface area (Å²) in [5.74, 6) is -1.79. The number of fused-ring (bicyclic) bond motifs is 3. The molecule has 4 rings (SSSR count). The molecular formula is C18H14BrF3N6O2. The number of benzene rings is 1. The molecule has 0 unspecified atom stereocenters. The topological polar surface area (TPSA) is 99.2 Å². The molecular weight excluding hydrogens is 469 g/mol. The first kappa shape index (κ1) is 20.3. The van der Waals surface area contributed by atoms with E-state index in [0.29, 0.717) is 39.3 Å². The second-order valence-electron chi connectivity index (χ2n) is 6.46. The van der Waals surface area contributed by atoms with Crippen LogP contribution in [0.5, 0.6) is 0 Å². The van der Waals surface area contributed by atoms with Gasteiger partial charge in [0.1, 0.15) is 11.5 Å². The van der Waals surface area contributed by atoms with Gasteiger partial charge in [-0.05, 0) is 36.6 Å². The lowest BCUT2D eigenvalue weighted by atomic mass is 9.93. The lowest BCUT2D eigenvalue weighted by molar-refractivity contribution is -0.130. The van der Waals surface area contributed by atoms with Crippen LogP contribution in [-0.4, -0.2) is 32.3 Å². The fourth-order valence-electron chi connectivity index (χ4n) is 3.37. The Morgan fingerprint density at radius 2 is 2.13 bits per heavy atom. The number of nitrogens with two attached hydrogens (primary N) is 1. The Morgan fingerprint density at radius 1 is 1.37 bits per heavy atom. The van der Waals surface area contributed by atoms with E-state index in [-0.39, 0.29) is 17.3 Å². The van der Waals surface area contributed by atoms with Crippen molar-refractivity contribution in [3.8, 4) is 11.4 Å². The first-order valence-corrected chi connectivity index (χ1v) is 9.47. The SMILES string of the molecule is Cn1nc(C(N)=O)c2c1-c1nc(N(OC(F)F)c3cc(Br)ccc3F)ncc1CC2. The monoisotopic (exact) mass is 482 g/mol. The van der Waals surface area contributed by atoms with E-state index in [1.54, 1.807) is 7.05 Å². The molecule has 0 spiro atoms. The van der Waals surface area contributed by atoms with Gasteiger partial charge in [0.05, 0.1) is 11.4 Å². The van der Waals surface area contributed by atoms with Gasteiger partial charge in [0.2, 0.25) is 0 Å². The van der Waals surface area contributed by atoms with Gasteiger partial charge < -0.3 is 5.73 Å². The second kappa shape index (κ2) is 7.69. The molecule has 0 atom stereocenters. The van der Waals surface area contributed by atoms with Crippen LogP contribution < -0.4 is 10.8 Å². The Morgan fingerprint density at radius 3 is 2.83 bits per heavy atom. The largest absolute Gasteiger partial charge is 0.365 e. The van der Waals surface area contributed by atoms with Crippen molar-refractivity contribution in [3.63, 3.8) is 0 Å². The van der Waals surface area contributed by atoms with Crippen molar-refractivity contribution in [2.45, 2.75) is 19.5 Å². The molecule has 0 saturated heterocycles. The Kier molecular flexibility index (Phi) is 5.20. The van der Waals surface area contributed by atoms with Crippen molar-refractivity contribution in [2.75, 3.05) is 5.06 Å². The minimum Gasteiger partial charge on any atom is -0.364 e. The summed E-state index contributed by atoms with van der Waals surface area (Å²) in [4.78, 5) is 24.7. The molecule has 156 valence electrons. The first-order chi connectivity index (χ1) is 14.3. The van der Waals surface area contributed by atoms with E-state index in [2.05, 4.69) is 35.8 Å². The number of halogens is 4. The molecule has 0 aliphatic heterocycles. The zero-order valence-corrected chi connectivity index (χ0v) is 17.0. The lowest BCUT2D eigenvalue weighted by Gasteiger charge is -2.24. The Labute approximate surface area is 176 Å². The molecule has 12 heteroatoms. The number of hydrogen-bond donors (Lipinski definition) is 1. The molecule has 1 aliphatic carbocycles. The van der Waals surface area contributed by atoms with Crippen LogP contribution in [0.4, 0.5) is 24.8 Å². The van der Waals surface area contributed by atoms with Gasteiger partial charge in [0, 0.05) is 23.3 Å². The summed E-state index contributed by atoms with van der Waals surface area (Å²) in [6, 6.07) is 3.78. The fourth-order valence-corrected chi connectivity index (χ4v) is 3.72. The summed E-state index contributed by atoms with van der Waals surface area (Å²) in [5, 5.41) is 4.68. The van der Waals surface area contributed by atoms with Gasteiger partial charge in [-0.3, -0.25) is 9.48 Å². The number of anilines is 2. The van der Waals surface area contributed by atoms with E-state index in [1.807, 2.05) is 0 Å². The van der Waals surface area contributed by atoms with Gasteiger partial charge in [-0.2, -0.15) is 23.8 Å². The second-order valence-corrected chi connectivity index (χ2v) is 7.38. The van der Waals surface area contributed by atoms with E-state index in [0.717, 1.165) is 11.6 Å². The molecule has 0 saturated carbocycles. The molecule has 2 heterocycles. The van der Waals surface area contributed by atoms with Crippen LogP contribution >= 0.6 is 15.9 Å². The number of amides is 1. The van der Waals surface area contributed by atoms with Crippen molar-refractivity contribution in [1.29, 1.82) is 0 Å². The van der Waals surface area contributed by atoms with Crippen molar-refractivity contribution in [3.05, 3.63) is 51.5 Å². The maximum Gasteiger partial charge on any atom is 0.365 e. The summed E-state index contributed by atoms with van der Waals surface area (Å²) in [5.41, 5.74) is 7.44. The maximum atomic E-state index is 14.4. The van der Waals surface area contributed by atoms with Gasteiger partial charge in [-0.25, -0.2) is 14.4 Å². The summed E-state index contributed by atoms with van der Waals surface area (Å²) < 4.78 is 42.5. The quantitative estimate of drug-likeness (QED) is 0.560. The number of carbonyl (C=O) groups is 1. The standard InChI is InChI=1S/C18H14BrF3N6O2/c1-27-15-10(14(26-27)16(23)29)4-2-8-7-24-18(25-13(8)15)28(30-17(21)22)12-6-9(19)3-5-11(12)20/h3,5-7,17H,2,4H2,1H3,(H2,23,29). The van der Waals surface area contributed by atoms with Crippen LogP contribution in [0.25, 0.3) is 11.4 Å². The summed E-state index contributed by atoms with van der Waals surface area (Å²) in [6.07, 6.45) is 2.44. The van der Waals surface area contributed by atoms with Crippen LogP contribution in [-0.2, 0) is 24.7 Å².